The maximum absolute atomic E-state index is 11.8. The number of nitrogens with zero attached hydrogens (tertiary/aromatic N) is 2. The van der Waals surface area contributed by atoms with Crippen molar-refractivity contribution in [2.75, 3.05) is 19.0 Å². The zero-order chi connectivity index (χ0) is 18.4. The molecule has 27 heavy (non-hydrogen) atoms. The number of likely N-dealkylation sites (tertiary alicyclic amines) is 1. The Kier molecular flexibility index (Phi) is 7.90. The summed E-state index contributed by atoms with van der Waals surface area (Å²) in [7, 11) is 1.62. The van der Waals surface area contributed by atoms with Crippen molar-refractivity contribution in [2.45, 2.75) is 25.9 Å². The van der Waals surface area contributed by atoms with Crippen LogP contribution in [0.3, 0.4) is 0 Å². The number of methoxy groups -OCH3 is 1. The van der Waals surface area contributed by atoms with Crippen molar-refractivity contribution in [3.63, 3.8) is 0 Å². The van der Waals surface area contributed by atoms with Crippen LogP contribution in [0.2, 0.25) is 0 Å². The van der Waals surface area contributed by atoms with E-state index in [1.807, 2.05) is 47.4 Å². The normalized spacial score (nSPS) is 14.0. The molecule has 0 unspecified atom stereocenters. The molecule has 0 radical (unpaired) electrons. The van der Waals surface area contributed by atoms with Crippen molar-refractivity contribution < 1.29 is 9.53 Å². The van der Waals surface area contributed by atoms with Gasteiger partial charge in [-0.25, -0.2) is 4.99 Å². The molecule has 3 rings (SSSR count). The first-order valence-corrected chi connectivity index (χ1v) is 8.70. The van der Waals surface area contributed by atoms with Crippen molar-refractivity contribution in [3.8, 4) is 5.75 Å². The zero-order valence-electron chi connectivity index (χ0n) is 15.4. The number of benzene rings is 2. The minimum atomic E-state index is 0. The summed E-state index contributed by atoms with van der Waals surface area (Å²) >= 11 is 0. The number of amides is 1. The average molecular weight is 480 g/mol. The van der Waals surface area contributed by atoms with E-state index in [1.165, 1.54) is 0 Å². The van der Waals surface area contributed by atoms with Crippen LogP contribution < -0.4 is 15.8 Å². The van der Waals surface area contributed by atoms with Crippen LogP contribution in [0.5, 0.6) is 5.75 Å². The molecule has 1 amide bonds. The number of nitrogens with one attached hydrogen (secondary N) is 1. The Morgan fingerprint density at radius 3 is 2.74 bits per heavy atom. The van der Waals surface area contributed by atoms with E-state index in [2.05, 4.69) is 16.4 Å². The molecule has 3 N–H and O–H groups in total. The fourth-order valence-corrected chi connectivity index (χ4v) is 2.98. The van der Waals surface area contributed by atoms with Crippen LogP contribution in [0.4, 0.5) is 5.69 Å². The summed E-state index contributed by atoms with van der Waals surface area (Å²) in [5, 5.41) is 3.06. The fraction of sp³-hybridized carbons (Fsp3) is 0.300. The Bertz CT molecular complexity index is 810. The molecule has 0 spiro atoms. The van der Waals surface area contributed by atoms with E-state index in [-0.39, 0.29) is 29.9 Å². The molecule has 2 aromatic carbocycles. The molecular weight excluding hydrogens is 455 g/mol. The molecule has 1 fully saturated rings. The van der Waals surface area contributed by atoms with Gasteiger partial charge in [0, 0.05) is 31.3 Å². The van der Waals surface area contributed by atoms with Crippen LogP contribution >= 0.6 is 24.0 Å². The Labute approximate surface area is 176 Å². The average Bonchev–Trinajstić information content (AvgIpc) is 3.05. The number of rotatable bonds is 6. The predicted molar refractivity (Wildman–Crippen MR) is 118 cm³/mol. The largest absolute Gasteiger partial charge is 0.497 e. The second kappa shape index (κ2) is 10.1. The van der Waals surface area contributed by atoms with Gasteiger partial charge in [0.15, 0.2) is 5.96 Å². The van der Waals surface area contributed by atoms with E-state index in [0.29, 0.717) is 25.5 Å². The number of aliphatic imine (C=N–C) groups is 1. The third kappa shape index (κ3) is 6.13. The molecule has 0 aromatic heterocycles. The van der Waals surface area contributed by atoms with Crippen LogP contribution in [0.1, 0.15) is 24.0 Å². The van der Waals surface area contributed by atoms with Gasteiger partial charge in [0.1, 0.15) is 5.75 Å². The van der Waals surface area contributed by atoms with Gasteiger partial charge in [-0.05, 0) is 29.7 Å². The zero-order valence-corrected chi connectivity index (χ0v) is 17.7. The lowest BCUT2D eigenvalue weighted by Gasteiger charge is -2.15. The molecule has 144 valence electrons. The number of hydrogen-bond acceptors (Lipinski definition) is 3. The summed E-state index contributed by atoms with van der Waals surface area (Å²) < 4.78 is 5.19. The summed E-state index contributed by atoms with van der Waals surface area (Å²) in [6, 6.07) is 15.6. The molecule has 0 saturated carbocycles. The van der Waals surface area contributed by atoms with Gasteiger partial charge in [0.2, 0.25) is 5.91 Å². The van der Waals surface area contributed by atoms with Crippen LogP contribution in [0.25, 0.3) is 0 Å². The van der Waals surface area contributed by atoms with Gasteiger partial charge in [0.05, 0.1) is 13.7 Å². The molecule has 1 saturated heterocycles. The van der Waals surface area contributed by atoms with Gasteiger partial charge in [0.25, 0.3) is 0 Å². The summed E-state index contributed by atoms with van der Waals surface area (Å²) in [5.41, 5.74) is 8.98. The lowest BCUT2D eigenvalue weighted by Crippen LogP contribution is -2.24. The highest BCUT2D eigenvalue weighted by atomic mass is 127. The topological polar surface area (TPSA) is 80.0 Å². The molecule has 1 aliphatic rings. The first kappa shape index (κ1) is 21.0. The minimum Gasteiger partial charge on any atom is -0.497 e. The first-order chi connectivity index (χ1) is 12.6. The smallest absolute Gasteiger partial charge is 0.222 e. The minimum absolute atomic E-state index is 0. The van der Waals surface area contributed by atoms with E-state index < -0.39 is 0 Å². The SMILES string of the molecule is COc1cccc(NC(N)=NCc2cccc(CN3CCCC3=O)c2)c1.I. The van der Waals surface area contributed by atoms with Crippen molar-refractivity contribution >= 4 is 41.5 Å². The lowest BCUT2D eigenvalue weighted by atomic mass is 10.1. The van der Waals surface area contributed by atoms with Crippen LogP contribution in [-0.2, 0) is 17.9 Å². The van der Waals surface area contributed by atoms with Gasteiger partial charge < -0.3 is 20.7 Å². The summed E-state index contributed by atoms with van der Waals surface area (Å²) in [6.07, 6.45) is 1.62. The predicted octanol–water partition coefficient (Wildman–Crippen LogP) is 3.36. The van der Waals surface area contributed by atoms with E-state index >= 15 is 0 Å². The molecule has 7 heteroatoms. The van der Waals surface area contributed by atoms with Crippen LogP contribution in [0.15, 0.2) is 53.5 Å². The highest BCUT2D eigenvalue weighted by Gasteiger charge is 2.19. The number of anilines is 1. The Balaban J connectivity index is 0.00000261. The third-order valence-electron chi connectivity index (χ3n) is 4.31. The van der Waals surface area contributed by atoms with Crippen LogP contribution in [0, 0.1) is 0 Å². The second-order valence-electron chi connectivity index (χ2n) is 6.30. The molecule has 0 aliphatic carbocycles. The third-order valence-corrected chi connectivity index (χ3v) is 4.31. The van der Waals surface area contributed by atoms with Crippen molar-refractivity contribution in [3.05, 3.63) is 59.7 Å². The highest BCUT2D eigenvalue weighted by molar-refractivity contribution is 14.0. The molecule has 6 nitrogen and oxygen atoms in total. The standard InChI is InChI=1S/C20H24N4O2.HI/c1-26-18-8-3-7-17(12-18)23-20(21)22-13-15-5-2-6-16(11-15)14-24-10-4-9-19(24)25;/h2-3,5-8,11-12H,4,9-10,13-14H2,1H3,(H3,21,22,23);1H. The van der Waals surface area contributed by atoms with Crippen molar-refractivity contribution in [1.29, 1.82) is 0 Å². The van der Waals surface area contributed by atoms with Gasteiger partial charge in [-0.3, -0.25) is 4.79 Å². The van der Waals surface area contributed by atoms with Gasteiger partial charge in [-0.1, -0.05) is 30.3 Å². The second-order valence-corrected chi connectivity index (χ2v) is 6.30. The van der Waals surface area contributed by atoms with E-state index in [0.717, 1.165) is 35.5 Å². The summed E-state index contributed by atoms with van der Waals surface area (Å²) in [6.45, 7) is 1.98. The Morgan fingerprint density at radius 2 is 2.00 bits per heavy atom. The monoisotopic (exact) mass is 480 g/mol. The maximum atomic E-state index is 11.8. The number of nitrogens with two attached hydrogens (primary N) is 1. The maximum Gasteiger partial charge on any atom is 0.222 e. The van der Waals surface area contributed by atoms with Crippen molar-refractivity contribution in [2.24, 2.45) is 10.7 Å². The molecule has 1 aliphatic heterocycles. The molecular formula is C20H25IN4O2. The van der Waals surface area contributed by atoms with E-state index in [4.69, 9.17) is 10.5 Å². The number of hydrogen-bond donors (Lipinski definition) is 2. The molecule has 0 atom stereocenters. The van der Waals surface area contributed by atoms with Crippen molar-refractivity contribution in [1.82, 2.24) is 4.90 Å². The highest BCUT2D eigenvalue weighted by Crippen LogP contribution is 2.17. The number of ether oxygens (including phenoxy) is 1. The van der Waals surface area contributed by atoms with Gasteiger partial charge in [-0.15, -0.1) is 24.0 Å². The first-order valence-electron chi connectivity index (χ1n) is 8.70. The number of carbonyl (C=O) groups is 1. The van der Waals surface area contributed by atoms with E-state index in [1.54, 1.807) is 7.11 Å². The number of carbonyl (C=O) groups excluding carboxylic acids is 1. The Morgan fingerprint density at radius 1 is 1.22 bits per heavy atom. The summed E-state index contributed by atoms with van der Waals surface area (Å²) in [5.74, 6) is 1.34. The molecule has 2 aromatic rings. The summed E-state index contributed by atoms with van der Waals surface area (Å²) in [4.78, 5) is 18.1. The molecule has 0 bridgehead atoms. The number of halogens is 1. The van der Waals surface area contributed by atoms with E-state index in [9.17, 15) is 4.79 Å². The number of guanidine groups is 1. The Hall–Kier alpha value is -2.29. The molecule has 1 heterocycles. The quantitative estimate of drug-likeness (QED) is 0.378. The van der Waals surface area contributed by atoms with Gasteiger partial charge >= 0.3 is 0 Å². The van der Waals surface area contributed by atoms with Crippen LogP contribution in [-0.4, -0.2) is 30.4 Å². The lowest BCUT2D eigenvalue weighted by molar-refractivity contribution is -0.128. The fourth-order valence-electron chi connectivity index (χ4n) is 2.98. The van der Waals surface area contributed by atoms with Gasteiger partial charge in [-0.2, -0.15) is 0 Å².